The maximum Gasteiger partial charge on any atom is 0.255 e. The highest BCUT2D eigenvalue weighted by molar-refractivity contribution is 6.06. The van der Waals surface area contributed by atoms with E-state index in [2.05, 4.69) is 22.9 Å². The van der Waals surface area contributed by atoms with Crippen molar-refractivity contribution in [2.24, 2.45) is 0 Å². The average molecular weight is 731 g/mol. The zero-order chi connectivity index (χ0) is 38.0. The first-order valence-corrected chi connectivity index (χ1v) is 18.5. The van der Waals surface area contributed by atoms with Crippen LogP contribution in [0.3, 0.4) is 0 Å². The van der Waals surface area contributed by atoms with Crippen molar-refractivity contribution < 1.29 is 34.1 Å². The number of piperidine rings is 1. The highest BCUT2D eigenvalue weighted by Gasteiger charge is 2.39. The fourth-order valence-corrected chi connectivity index (χ4v) is 7.06. The van der Waals surface area contributed by atoms with Gasteiger partial charge >= 0.3 is 0 Å². The fourth-order valence-electron chi connectivity index (χ4n) is 7.06. The lowest BCUT2D eigenvalue weighted by atomic mass is 9.88. The van der Waals surface area contributed by atoms with Gasteiger partial charge in [-0.2, -0.15) is 0 Å². The van der Waals surface area contributed by atoms with Gasteiger partial charge in [0.05, 0.1) is 6.54 Å². The highest BCUT2D eigenvalue weighted by atomic mass is 16.5. The predicted octanol–water partition coefficient (Wildman–Crippen LogP) is 6.40. The van der Waals surface area contributed by atoms with Gasteiger partial charge in [0.25, 0.3) is 5.91 Å². The third-order valence-electron chi connectivity index (χ3n) is 9.84. The molecule has 54 heavy (non-hydrogen) atoms. The number of nitrogens with zero attached hydrogens (tertiary/aromatic N) is 1. The lowest BCUT2D eigenvalue weighted by Crippen LogP contribution is -2.52. The Morgan fingerprint density at radius 3 is 2.17 bits per heavy atom. The van der Waals surface area contributed by atoms with Crippen molar-refractivity contribution in [3.05, 3.63) is 119 Å². The fraction of sp³-hybridized carbons (Fsp3) is 0.302. The van der Waals surface area contributed by atoms with Crippen LogP contribution >= 0.6 is 0 Å². The number of aromatic hydroxyl groups is 2. The molecule has 1 fully saturated rings. The molecule has 4 amide bonds. The number of unbranched alkanes of at least 4 members (excludes halogenated alkanes) is 2. The molecule has 0 aliphatic carbocycles. The van der Waals surface area contributed by atoms with Crippen LogP contribution in [-0.4, -0.2) is 64.5 Å². The van der Waals surface area contributed by atoms with Crippen LogP contribution in [0.4, 0.5) is 5.69 Å². The van der Waals surface area contributed by atoms with Crippen LogP contribution in [0.5, 0.6) is 17.2 Å². The number of nitrogens with one attached hydrogen (secondary N) is 3. The van der Waals surface area contributed by atoms with E-state index in [4.69, 9.17) is 4.74 Å². The standard InChI is InChI=1S/C43H46N4O7/c1-2-34(28-10-16-31(48)17-11-28)41(29-12-18-32(49)19-13-29)30-14-20-33(21-15-30)54-26-25-45-39(50)9-4-3-5-24-44-37-8-6-7-35-36(37)27-47(43(35)53)38-22-23-40(51)46-42(38)52/h6-8,10-21,38,44,48-49H,2-5,9,22-27H2,1H3,(H,45,50)(H,46,51,52). The van der Waals surface area contributed by atoms with E-state index < -0.39 is 11.9 Å². The first-order chi connectivity index (χ1) is 26.2. The van der Waals surface area contributed by atoms with Gasteiger partial charge in [-0.05, 0) is 102 Å². The molecule has 2 aliphatic heterocycles. The number of fused-ring (bicyclic) bond motifs is 1. The number of ether oxygens (including phenoxy) is 1. The number of carbonyl (C=O) groups excluding carboxylic acids is 4. The maximum atomic E-state index is 13.1. The van der Waals surface area contributed by atoms with Gasteiger partial charge in [-0.3, -0.25) is 24.5 Å². The van der Waals surface area contributed by atoms with E-state index in [0.717, 1.165) is 64.8 Å². The Labute approximate surface area is 315 Å². The monoisotopic (exact) mass is 730 g/mol. The third kappa shape index (κ3) is 9.09. The molecule has 0 radical (unpaired) electrons. The summed E-state index contributed by atoms with van der Waals surface area (Å²) in [6, 6.07) is 27.0. The molecule has 4 aromatic rings. The van der Waals surface area contributed by atoms with Gasteiger partial charge in [-0.15, -0.1) is 0 Å². The minimum absolute atomic E-state index is 0.0279. The van der Waals surface area contributed by atoms with E-state index in [9.17, 15) is 29.4 Å². The van der Waals surface area contributed by atoms with Gasteiger partial charge in [0.15, 0.2) is 0 Å². The Balaban J connectivity index is 0.921. The van der Waals surface area contributed by atoms with Crippen LogP contribution in [0.25, 0.3) is 11.1 Å². The van der Waals surface area contributed by atoms with Gasteiger partial charge in [0.2, 0.25) is 17.7 Å². The van der Waals surface area contributed by atoms with E-state index in [0.29, 0.717) is 50.4 Å². The summed E-state index contributed by atoms with van der Waals surface area (Å²) in [4.78, 5) is 51.0. The molecule has 280 valence electrons. The molecule has 11 heteroatoms. The molecule has 0 bridgehead atoms. The van der Waals surface area contributed by atoms with Gasteiger partial charge < -0.3 is 30.5 Å². The summed E-state index contributed by atoms with van der Waals surface area (Å²) in [5.41, 5.74) is 7.37. The Morgan fingerprint density at radius 2 is 1.50 bits per heavy atom. The number of rotatable bonds is 16. The third-order valence-corrected chi connectivity index (χ3v) is 9.84. The molecule has 0 aromatic heterocycles. The molecular weight excluding hydrogens is 684 g/mol. The van der Waals surface area contributed by atoms with Gasteiger partial charge in [0, 0.05) is 42.7 Å². The largest absolute Gasteiger partial charge is 0.508 e. The summed E-state index contributed by atoms with van der Waals surface area (Å²) in [6.45, 7) is 3.80. The van der Waals surface area contributed by atoms with Crippen molar-refractivity contribution in [1.82, 2.24) is 15.5 Å². The molecule has 5 N–H and O–H groups in total. The molecule has 4 aromatic carbocycles. The molecule has 2 aliphatic rings. The van der Waals surface area contributed by atoms with Crippen molar-refractivity contribution in [3.63, 3.8) is 0 Å². The van der Waals surface area contributed by atoms with Crippen LogP contribution in [0.1, 0.15) is 84.5 Å². The zero-order valence-corrected chi connectivity index (χ0v) is 30.4. The number of hydrogen-bond acceptors (Lipinski definition) is 8. The molecule has 0 spiro atoms. The van der Waals surface area contributed by atoms with Gasteiger partial charge in [0.1, 0.15) is 29.9 Å². The van der Waals surface area contributed by atoms with Crippen molar-refractivity contribution in [2.75, 3.05) is 25.0 Å². The summed E-state index contributed by atoms with van der Waals surface area (Å²) >= 11 is 0. The van der Waals surface area contributed by atoms with E-state index in [1.54, 1.807) is 35.2 Å². The second-order valence-corrected chi connectivity index (χ2v) is 13.5. The molecule has 1 atom stereocenters. The lowest BCUT2D eigenvalue weighted by Gasteiger charge is -2.29. The minimum atomic E-state index is -0.646. The molecule has 2 heterocycles. The summed E-state index contributed by atoms with van der Waals surface area (Å²) in [6.07, 6.45) is 4.16. The van der Waals surface area contributed by atoms with Gasteiger partial charge in [-0.1, -0.05) is 55.8 Å². The summed E-state index contributed by atoms with van der Waals surface area (Å²) in [5, 5.41) is 28.4. The average Bonchev–Trinajstić information content (AvgIpc) is 3.51. The maximum absolute atomic E-state index is 13.1. The molecule has 0 saturated carbocycles. The number of carbonyl (C=O) groups is 4. The van der Waals surface area contributed by atoms with Crippen molar-refractivity contribution in [2.45, 2.75) is 64.5 Å². The van der Waals surface area contributed by atoms with Crippen LogP contribution in [-0.2, 0) is 20.9 Å². The quantitative estimate of drug-likeness (QED) is 0.0504. The number of benzene rings is 4. The Morgan fingerprint density at radius 1 is 0.833 bits per heavy atom. The first-order valence-electron chi connectivity index (χ1n) is 18.5. The second kappa shape index (κ2) is 17.6. The number of amides is 4. The number of phenols is 2. The lowest BCUT2D eigenvalue weighted by molar-refractivity contribution is -0.137. The molecule has 1 saturated heterocycles. The normalized spacial score (nSPS) is 15.7. The Kier molecular flexibility index (Phi) is 12.3. The highest BCUT2D eigenvalue weighted by Crippen LogP contribution is 2.36. The molecule has 11 nitrogen and oxygen atoms in total. The predicted molar refractivity (Wildman–Crippen MR) is 207 cm³/mol. The summed E-state index contributed by atoms with van der Waals surface area (Å²) < 4.78 is 5.93. The van der Waals surface area contributed by atoms with E-state index in [-0.39, 0.29) is 35.6 Å². The van der Waals surface area contributed by atoms with Crippen LogP contribution in [0, 0.1) is 0 Å². The Hall–Kier alpha value is -6.10. The number of allylic oxidation sites excluding steroid dienone is 1. The minimum Gasteiger partial charge on any atom is -0.508 e. The van der Waals surface area contributed by atoms with E-state index in [1.165, 1.54) is 0 Å². The molecule has 6 rings (SSSR count). The SMILES string of the molecule is CCC(=C(c1ccc(O)cc1)c1ccc(OCCNC(=O)CCCCCNc2cccc3c2CN(C2CCC(=O)NC2=O)C3=O)cc1)c1ccc(O)cc1. The topological polar surface area (TPSA) is 157 Å². The van der Waals surface area contributed by atoms with Gasteiger partial charge in [-0.25, -0.2) is 0 Å². The Bertz CT molecular complexity index is 2010. The number of imide groups is 1. The summed E-state index contributed by atoms with van der Waals surface area (Å²) in [7, 11) is 0. The number of phenolic OH excluding ortho intramolecular Hbond substituents is 2. The van der Waals surface area contributed by atoms with Crippen molar-refractivity contribution in [1.29, 1.82) is 0 Å². The second-order valence-electron chi connectivity index (χ2n) is 13.5. The van der Waals surface area contributed by atoms with Crippen LogP contribution in [0.2, 0.25) is 0 Å². The number of anilines is 1. The van der Waals surface area contributed by atoms with Crippen molar-refractivity contribution >= 4 is 40.5 Å². The van der Waals surface area contributed by atoms with Crippen molar-refractivity contribution in [3.8, 4) is 17.2 Å². The van der Waals surface area contributed by atoms with Crippen LogP contribution in [0.15, 0.2) is 91.0 Å². The first kappa shape index (κ1) is 37.7. The van der Waals surface area contributed by atoms with E-state index >= 15 is 0 Å². The smallest absolute Gasteiger partial charge is 0.255 e. The summed E-state index contributed by atoms with van der Waals surface area (Å²) in [5.74, 6) is 0.134. The number of hydrogen-bond donors (Lipinski definition) is 5. The van der Waals surface area contributed by atoms with E-state index in [1.807, 2.05) is 60.7 Å². The molecule has 1 unspecified atom stereocenters. The van der Waals surface area contributed by atoms with Crippen LogP contribution < -0.4 is 20.7 Å². The molecular formula is C43H46N4O7. The zero-order valence-electron chi connectivity index (χ0n) is 30.4.